The van der Waals surface area contributed by atoms with Gasteiger partial charge in [0.2, 0.25) is 5.91 Å². The third-order valence-corrected chi connectivity index (χ3v) is 4.18. The summed E-state index contributed by atoms with van der Waals surface area (Å²) in [6.45, 7) is 3.55. The predicted molar refractivity (Wildman–Crippen MR) is 93.5 cm³/mol. The van der Waals surface area contributed by atoms with Crippen LogP contribution in [0.4, 0.5) is 5.69 Å². The van der Waals surface area contributed by atoms with Gasteiger partial charge in [-0.15, -0.1) is 0 Å². The first-order chi connectivity index (χ1) is 11.7. The summed E-state index contributed by atoms with van der Waals surface area (Å²) in [6, 6.07) is 16.8. The minimum atomic E-state index is 0.126. The number of piperazine rings is 1. The fourth-order valence-electron chi connectivity index (χ4n) is 2.81. The summed E-state index contributed by atoms with van der Waals surface area (Å²) < 4.78 is 5.54. The van der Waals surface area contributed by atoms with E-state index in [-0.39, 0.29) is 11.7 Å². The summed E-state index contributed by atoms with van der Waals surface area (Å²) >= 11 is 0. The van der Waals surface area contributed by atoms with Crippen molar-refractivity contribution in [2.45, 2.75) is 6.42 Å². The van der Waals surface area contributed by atoms with Gasteiger partial charge in [0, 0.05) is 31.9 Å². The van der Waals surface area contributed by atoms with E-state index in [1.54, 1.807) is 24.3 Å². The molecule has 1 saturated heterocycles. The van der Waals surface area contributed by atoms with Gasteiger partial charge in [-0.3, -0.25) is 4.79 Å². The molecule has 0 unspecified atom stereocenters. The molecule has 2 aromatic rings. The quantitative estimate of drug-likeness (QED) is 0.917. The molecule has 5 heteroatoms. The summed E-state index contributed by atoms with van der Waals surface area (Å²) in [7, 11) is 0. The number of phenolic OH excluding ortho intramolecular Hbond substituents is 1. The van der Waals surface area contributed by atoms with E-state index in [2.05, 4.69) is 17.0 Å². The van der Waals surface area contributed by atoms with Crippen LogP contribution in [0.1, 0.15) is 6.42 Å². The molecule has 0 aromatic heterocycles. The highest BCUT2D eigenvalue weighted by Gasteiger charge is 2.20. The van der Waals surface area contributed by atoms with Crippen LogP contribution in [0.25, 0.3) is 0 Å². The van der Waals surface area contributed by atoms with Crippen molar-refractivity contribution in [2.24, 2.45) is 0 Å². The van der Waals surface area contributed by atoms with E-state index >= 15 is 0 Å². The monoisotopic (exact) mass is 326 g/mol. The number of ether oxygens (including phenoxy) is 1. The Morgan fingerprint density at radius 3 is 2.29 bits per heavy atom. The maximum Gasteiger partial charge on any atom is 0.226 e. The lowest BCUT2D eigenvalue weighted by Gasteiger charge is -2.36. The molecule has 1 aliphatic rings. The van der Waals surface area contributed by atoms with E-state index in [0.29, 0.717) is 18.8 Å². The summed E-state index contributed by atoms with van der Waals surface area (Å²) in [5.41, 5.74) is 1.21. The molecule has 1 heterocycles. The summed E-state index contributed by atoms with van der Waals surface area (Å²) in [4.78, 5) is 16.5. The van der Waals surface area contributed by atoms with Crippen molar-refractivity contribution in [1.29, 1.82) is 0 Å². The number of amides is 1. The number of aromatic hydroxyl groups is 1. The Balaban J connectivity index is 1.41. The van der Waals surface area contributed by atoms with E-state index in [1.807, 2.05) is 23.1 Å². The van der Waals surface area contributed by atoms with Gasteiger partial charge in [0.25, 0.3) is 0 Å². The van der Waals surface area contributed by atoms with Crippen molar-refractivity contribution >= 4 is 11.6 Å². The molecule has 1 fully saturated rings. The molecular formula is C19H22N2O3. The second kappa shape index (κ2) is 7.73. The molecular weight excluding hydrogens is 304 g/mol. The van der Waals surface area contributed by atoms with Crippen molar-refractivity contribution < 1.29 is 14.6 Å². The van der Waals surface area contributed by atoms with Crippen LogP contribution in [0.3, 0.4) is 0 Å². The van der Waals surface area contributed by atoms with Gasteiger partial charge in [0.15, 0.2) is 0 Å². The zero-order valence-electron chi connectivity index (χ0n) is 13.6. The largest absolute Gasteiger partial charge is 0.508 e. The molecule has 5 nitrogen and oxygen atoms in total. The average Bonchev–Trinajstić information content (AvgIpc) is 2.64. The second-order valence-corrected chi connectivity index (χ2v) is 5.80. The molecule has 0 spiro atoms. The normalized spacial score (nSPS) is 14.5. The number of benzene rings is 2. The van der Waals surface area contributed by atoms with Crippen LogP contribution in [-0.2, 0) is 4.79 Å². The molecule has 1 aliphatic heterocycles. The Hall–Kier alpha value is -2.69. The topological polar surface area (TPSA) is 53.0 Å². The predicted octanol–water partition coefficient (Wildman–Crippen LogP) is 2.51. The van der Waals surface area contributed by atoms with E-state index in [0.717, 1.165) is 26.2 Å². The lowest BCUT2D eigenvalue weighted by atomic mass is 10.2. The number of anilines is 1. The Labute approximate surface area is 142 Å². The van der Waals surface area contributed by atoms with Gasteiger partial charge in [-0.25, -0.2) is 0 Å². The van der Waals surface area contributed by atoms with E-state index in [4.69, 9.17) is 4.74 Å². The van der Waals surface area contributed by atoms with Gasteiger partial charge in [-0.2, -0.15) is 0 Å². The van der Waals surface area contributed by atoms with Gasteiger partial charge >= 0.3 is 0 Å². The van der Waals surface area contributed by atoms with Crippen LogP contribution in [0.2, 0.25) is 0 Å². The fourth-order valence-corrected chi connectivity index (χ4v) is 2.81. The minimum absolute atomic E-state index is 0.126. The van der Waals surface area contributed by atoms with Crippen LogP contribution in [0.5, 0.6) is 11.5 Å². The Kier molecular flexibility index (Phi) is 5.21. The summed E-state index contributed by atoms with van der Waals surface area (Å²) in [5.74, 6) is 0.991. The number of phenols is 1. The van der Waals surface area contributed by atoms with Crippen LogP contribution in [0, 0.1) is 0 Å². The van der Waals surface area contributed by atoms with Crippen molar-refractivity contribution in [1.82, 2.24) is 4.90 Å². The number of nitrogens with zero attached hydrogens (tertiary/aromatic N) is 2. The van der Waals surface area contributed by atoms with Gasteiger partial charge < -0.3 is 19.6 Å². The molecule has 0 saturated carbocycles. The first-order valence-electron chi connectivity index (χ1n) is 8.22. The van der Waals surface area contributed by atoms with Crippen LogP contribution < -0.4 is 9.64 Å². The molecule has 1 amide bonds. The third-order valence-electron chi connectivity index (χ3n) is 4.18. The highest BCUT2D eigenvalue weighted by molar-refractivity contribution is 5.76. The smallest absolute Gasteiger partial charge is 0.226 e. The van der Waals surface area contributed by atoms with Crippen LogP contribution in [-0.4, -0.2) is 48.7 Å². The lowest BCUT2D eigenvalue weighted by Crippen LogP contribution is -2.49. The van der Waals surface area contributed by atoms with Crippen molar-refractivity contribution in [3.05, 3.63) is 54.6 Å². The maximum atomic E-state index is 12.3. The van der Waals surface area contributed by atoms with Gasteiger partial charge in [-0.05, 0) is 36.4 Å². The molecule has 0 radical (unpaired) electrons. The third kappa shape index (κ3) is 4.19. The first-order valence-corrected chi connectivity index (χ1v) is 8.22. The number of carbonyl (C=O) groups is 1. The molecule has 2 aromatic carbocycles. The second-order valence-electron chi connectivity index (χ2n) is 5.80. The first kappa shape index (κ1) is 16.2. The number of hydrogen-bond acceptors (Lipinski definition) is 4. The summed E-state index contributed by atoms with van der Waals surface area (Å²) in [6.07, 6.45) is 0.367. The molecule has 126 valence electrons. The number of para-hydroxylation sites is 1. The zero-order valence-corrected chi connectivity index (χ0v) is 13.6. The van der Waals surface area contributed by atoms with Crippen LogP contribution >= 0.6 is 0 Å². The molecule has 24 heavy (non-hydrogen) atoms. The molecule has 0 bridgehead atoms. The van der Waals surface area contributed by atoms with Crippen molar-refractivity contribution in [3.63, 3.8) is 0 Å². The maximum absolute atomic E-state index is 12.3. The number of carbonyl (C=O) groups excluding carboxylic acids is 1. The molecule has 0 atom stereocenters. The average molecular weight is 326 g/mol. The van der Waals surface area contributed by atoms with E-state index < -0.39 is 0 Å². The van der Waals surface area contributed by atoms with E-state index in [1.165, 1.54) is 5.69 Å². The number of hydrogen-bond donors (Lipinski definition) is 1. The standard InChI is InChI=1S/C19H22N2O3/c22-17-6-8-18(9-7-17)24-15-10-19(23)21-13-11-20(12-14-21)16-4-2-1-3-5-16/h1-9,22H,10-15H2. The van der Waals surface area contributed by atoms with Gasteiger partial charge in [0.05, 0.1) is 13.0 Å². The lowest BCUT2D eigenvalue weighted by molar-refractivity contribution is -0.132. The van der Waals surface area contributed by atoms with Gasteiger partial charge in [0.1, 0.15) is 11.5 Å². The van der Waals surface area contributed by atoms with Crippen molar-refractivity contribution in [2.75, 3.05) is 37.7 Å². The molecule has 3 rings (SSSR count). The van der Waals surface area contributed by atoms with Crippen LogP contribution in [0.15, 0.2) is 54.6 Å². The van der Waals surface area contributed by atoms with E-state index in [9.17, 15) is 9.90 Å². The Morgan fingerprint density at radius 2 is 1.62 bits per heavy atom. The minimum Gasteiger partial charge on any atom is -0.508 e. The molecule has 0 aliphatic carbocycles. The fraction of sp³-hybridized carbons (Fsp3) is 0.316. The highest BCUT2D eigenvalue weighted by atomic mass is 16.5. The van der Waals surface area contributed by atoms with Gasteiger partial charge in [-0.1, -0.05) is 18.2 Å². The Bertz CT molecular complexity index is 650. The number of rotatable bonds is 5. The highest BCUT2D eigenvalue weighted by Crippen LogP contribution is 2.17. The van der Waals surface area contributed by atoms with Crippen molar-refractivity contribution in [3.8, 4) is 11.5 Å². The Morgan fingerprint density at radius 1 is 0.958 bits per heavy atom. The SMILES string of the molecule is O=C(CCOc1ccc(O)cc1)N1CCN(c2ccccc2)CC1. The molecule has 1 N–H and O–H groups in total. The summed E-state index contributed by atoms with van der Waals surface area (Å²) in [5, 5.41) is 9.22. The zero-order chi connectivity index (χ0) is 16.8.